The SMILES string of the molecule is C=CNc1ccc(C(C)(C)C)cc1C=C. The lowest BCUT2D eigenvalue weighted by Crippen LogP contribution is -2.11. The quantitative estimate of drug-likeness (QED) is 0.773. The average Bonchev–Trinajstić information content (AvgIpc) is 2.17. The molecule has 0 bridgehead atoms. The minimum absolute atomic E-state index is 0.171. The Hall–Kier alpha value is -1.50. The van der Waals surface area contributed by atoms with Gasteiger partial charge in [-0.15, -0.1) is 0 Å². The highest BCUT2D eigenvalue weighted by Gasteiger charge is 2.14. The normalized spacial score (nSPS) is 10.9. The maximum atomic E-state index is 3.82. The number of anilines is 1. The Balaban J connectivity index is 3.18. The number of hydrogen-bond acceptors (Lipinski definition) is 1. The van der Waals surface area contributed by atoms with E-state index in [-0.39, 0.29) is 5.41 Å². The molecule has 0 saturated carbocycles. The minimum Gasteiger partial charge on any atom is -0.362 e. The van der Waals surface area contributed by atoms with Crippen LogP contribution >= 0.6 is 0 Å². The first kappa shape index (κ1) is 11.6. The largest absolute Gasteiger partial charge is 0.362 e. The van der Waals surface area contributed by atoms with E-state index in [1.807, 2.05) is 6.08 Å². The lowest BCUT2D eigenvalue weighted by Gasteiger charge is -2.20. The van der Waals surface area contributed by atoms with Gasteiger partial charge < -0.3 is 5.32 Å². The van der Waals surface area contributed by atoms with Crippen LogP contribution in [-0.4, -0.2) is 0 Å². The Morgan fingerprint density at radius 2 is 1.87 bits per heavy atom. The van der Waals surface area contributed by atoms with Gasteiger partial charge in [-0.2, -0.15) is 0 Å². The molecule has 1 rings (SSSR count). The van der Waals surface area contributed by atoms with Crippen molar-refractivity contribution in [3.05, 3.63) is 48.7 Å². The smallest absolute Gasteiger partial charge is 0.0453 e. The van der Waals surface area contributed by atoms with E-state index in [0.717, 1.165) is 11.3 Å². The molecule has 0 spiro atoms. The molecule has 0 aromatic heterocycles. The van der Waals surface area contributed by atoms with Gasteiger partial charge in [0.05, 0.1) is 0 Å². The molecule has 0 atom stereocenters. The number of benzene rings is 1. The van der Waals surface area contributed by atoms with Crippen LogP contribution in [-0.2, 0) is 5.41 Å². The Bertz CT molecular complexity index is 369. The predicted molar refractivity (Wildman–Crippen MR) is 69.1 cm³/mol. The van der Waals surface area contributed by atoms with Crippen LogP contribution in [0, 0.1) is 0 Å². The first-order chi connectivity index (χ1) is 6.99. The molecule has 15 heavy (non-hydrogen) atoms. The highest BCUT2D eigenvalue weighted by molar-refractivity contribution is 5.67. The summed E-state index contributed by atoms with van der Waals surface area (Å²) in [5.74, 6) is 0. The summed E-state index contributed by atoms with van der Waals surface area (Å²) in [6.45, 7) is 14.1. The molecule has 0 aliphatic heterocycles. The van der Waals surface area contributed by atoms with E-state index in [2.05, 4.69) is 57.4 Å². The highest BCUT2D eigenvalue weighted by atomic mass is 14.8. The minimum atomic E-state index is 0.171. The van der Waals surface area contributed by atoms with E-state index in [4.69, 9.17) is 0 Å². The Kier molecular flexibility index (Phi) is 3.35. The fourth-order valence-corrected chi connectivity index (χ4v) is 1.44. The molecule has 80 valence electrons. The zero-order valence-electron chi connectivity index (χ0n) is 9.80. The van der Waals surface area contributed by atoms with Crippen LogP contribution in [0.25, 0.3) is 6.08 Å². The van der Waals surface area contributed by atoms with Crippen molar-refractivity contribution in [2.45, 2.75) is 26.2 Å². The van der Waals surface area contributed by atoms with Crippen LogP contribution in [0.2, 0.25) is 0 Å². The Morgan fingerprint density at radius 1 is 1.20 bits per heavy atom. The molecule has 0 aliphatic rings. The third kappa shape index (κ3) is 2.72. The van der Waals surface area contributed by atoms with Gasteiger partial charge in [0, 0.05) is 5.69 Å². The van der Waals surface area contributed by atoms with Crippen molar-refractivity contribution in [1.29, 1.82) is 0 Å². The van der Waals surface area contributed by atoms with Crippen LogP contribution in [0.5, 0.6) is 0 Å². The van der Waals surface area contributed by atoms with E-state index in [0.29, 0.717) is 0 Å². The number of rotatable bonds is 3. The average molecular weight is 201 g/mol. The molecule has 0 unspecified atom stereocenters. The summed E-state index contributed by atoms with van der Waals surface area (Å²) in [6, 6.07) is 6.37. The Labute approximate surface area is 92.5 Å². The highest BCUT2D eigenvalue weighted by Crippen LogP contribution is 2.27. The maximum Gasteiger partial charge on any atom is 0.0453 e. The van der Waals surface area contributed by atoms with E-state index in [1.54, 1.807) is 6.20 Å². The van der Waals surface area contributed by atoms with Gasteiger partial charge in [-0.05, 0) is 34.9 Å². The first-order valence-electron chi connectivity index (χ1n) is 5.13. The van der Waals surface area contributed by atoms with Gasteiger partial charge in [0.25, 0.3) is 0 Å². The van der Waals surface area contributed by atoms with Crippen molar-refractivity contribution in [3.63, 3.8) is 0 Å². The third-order valence-electron chi connectivity index (χ3n) is 2.40. The standard InChI is InChI=1S/C14H19N/c1-6-11-10-12(14(3,4)5)8-9-13(11)15-7-2/h6-10,15H,1-2H2,3-5H3. The van der Waals surface area contributed by atoms with Crippen LogP contribution in [0.15, 0.2) is 37.6 Å². The summed E-state index contributed by atoms with van der Waals surface area (Å²) in [7, 11) is 0. The summed E-state index contributed by atoms with van der Waals surface area (Å²) in [5, 5.41) is 3.10. The van der Waals surface area contributed by atoms with Gasteiger partial charge in [0.15, 0.2) is 0 Å². The van der Waals surface area contributed by atoms with Crippen LogP contribution < -0.4 is 5.32 Å². The molecule has 1 heteroatoms. The summed E-state index contributed by atoms with van der Waals surface area (Å²) in [5.41, 5.74) is 3.65. The first-order valence-corrected chi connectivity index (χ1v) is 5.13. The number of nitrogens with one attached hydrogen (secondary N) is 1. The molecule has 0 fully saturated rings. The van der Waals surface area contributed by atoms with Crippen molar-refractivity contribution in [1.82, 2.24) is 0 Å². The van der Waals surface area contributed by atoms with Gasteiger partial charge in [0.2, 0.25) is 0 Å². The summed E-state index contributed by atoms with van der Waals surface area (Å²) in [4.78, 5) is 0. The summed E-state index contributed by atoms with van der Waals surface area (Å²) < 4.78 is 0. The van der Waals surface area contributed by atoms with Crippen molar-refractivity contribution in [2.24, 2.45) is 0 Å². The maximum absolute atomic E-state index is 3.82. The molecule has 1 N–H and O–H groups in total. The van der Waals surface area contributed by atoms with Crippen LogP contribution in [0.1, 0.15) is 31.9 Å². The number of hydrogen-bond donors (Lipinski definition) is 1. The van der Waals surface area contributed by atoms with Gasteiger partial charge in [-0.3, -0.25) is 0 Å². The molecule has 0 heterocycles. The monoisotopic (exact) mass is 201 g/mol. The molecule has 0 saturated heterocycles. The van der Waals surface area contributed by atoms with E-state index < -0.39 is 0 Å². The van der Waals surface area contributed by atoms with Crippen molar-refractivity contribution in [3.8, 4) is 0 Å². The lowest BCUT2D eigenvalue weighted by molar-refractivity contribution is 0.590. The van der Waals surface area contributed by atoms with E-state index >= 15 is 0 Å². The van der Waals surface area contributed by atoms with Crippen LogP contribution in [0.3, 0.4) is 0 Å². The second kappa shape index (κ2) is 4.35. The fourth-order valence-electron chi connectivity index (χ4n) is 1.44. The van der Waals surface area contributed by atoms with Crippen molar-refractivity contribution >= 4 is 11.8 Å². The van der Waals surface area contributed by atoms with Gasteiger partial charge in [-0.25, -0.2) is 0 Å². The predicted octanol–water partition coefficient (Wildman–Crippen LogP) is 4.18. The lowest BCUT2D eigenvalue weighted by atomic mass is 9.86. The third-order valence-corrected chi connectivity index (χ3v) is 2.40. The van der Waals surface area contributed by atoms with Crippen molar-refractivity contribution in [2.75, 3.05) is 5.32 Å². The summed E-state index contributed by atoms with van der Waals surface area (Å²) >= 11 is 0. The van der Waals surface area contributed by atoms with E-state index in [9.17, 15) is 0 Å². The molecule has 0 amide bonds. The molecule has 0 aliphatic carbocycles. The molecule has 1 nitrogen and oxygen atoms in total. The topological polar surface area (TPSA) is 12.0 Å². The molecular weight excluding hydrogens is 182 g/mol. The van der Waals surface area contributed by atoms with Crippen LogP contribution in [0.4, 0.5) is 5.69 Å². The summed E-state index contributed by atoms with van der Waals surface area (Å²) in [6.07, 6.45) is 3.54. The zero-order valence-corrected chi connectivity index (χ0v) is 9.80. The van der Waals surface area contributed by atoms with Crippen molar-refractivity contribution < 1.29 is 0 Å². The van der Waals surface area contributed by atoms with Gasteiger partial charge in [0.1, 0.15) is 0 Å². The zero-order chi connectivity index (χ0) is 11.5. The molecule has 0 radical (unpaired) electrons. The Morgan fingerprint density at radius 3 is 2.33 bits per heavy atom. The molecular formula is C14H19N. The van der Waals surface area contributed by atoms with Gasteiger partial charge in [-0.1, -0.05) is 46.1 Å². The molecule has 1 aromatic carbocycles. The fraction of sp³-hybridized carbons (Fsp3) is 0.286. The molecule has 1 aromatic rings. The second-order valence-corrected chi connectivity index (χ2v) is 4.60. The van der Waals surface area contributed by atoms with E-state index in [1.165, 1.54) is 5.56 Å². The van der Waals surface area contributed by atoms with Gasteiger partial charge >= 0.3 is 0 Å². The second-order valence-electron chi connectivity index (χ2n) is 4.60.